The van der Waals surface area contributed by atoms with Crippen LogP contribution < -0.4 is 4.74 Å². The third kappa shape index (κ3) is 3.71. The van der Waals surface area contributed by atoms with Gasteiger partial charge < -0.3 is 14.6 Å². The number of methoxy groups -OCH3 is 1. The standard InChI is InChI=1S/C19H25N5O4/c1-24-14(10-25)17(22-23-24)18-20-9-15(16(21-18)11-6-7-11)28-13-5-3-4-12(8-13)19(26)27-2/h9,11-13,25H,3-8,10H2,1-2H3/t12-,13-/m0/s1. The molecule has 0 unspecified atom stereocenters. The smallest absolute Gasteiger partial charge is 0.308 e. The zero-order valence-electron chi connectivity index (χ0n) is 16.2. The van der Waals surface area contributed by atoms with Crippen molar-refractivity contribution >= 4 is 5.97 Å². The molecule has 1 N–H and O–H groups in total. The van der Waals surface area contributed by atoms with E-state index in [1.165, 1.54) is 11.8 Å². The van der Waals surface area contributed by atoms with Crippen molar-refractivity contribution in [3.63, 3.8) is 0 Å². The molecule has 2 heterocycles. The predicted octanol–water partition coefficient (Wildman–Crippen LogP) is 1.75. The van der Waals surface area contributed by atoms with Gasteiger partial charge in [0.05, 0.1) is 43.3 Å². The number of nitrogens with zero attached hydrogens (tertiary/aromatic N) is 5. The molecule has 2 atom stereocenters. The van der Waals surface area contributed by atoms with Gasteiger partial charge in [-0.1, -0.05) is 5.21 Å². The largest absolute Gasteiger partial charge is 0.487 e. The van der Waals surface area contributed by atoms with Gasteiger partial charge in [-0.15, -0.1) is 5.10 Å². The molecule has 0 spiro atoms. The van der Waals surface area contributed by atoms with E-state index in [4.69, 9.17) is 14.5 Å². The van der Waals surface area contributed by atoms with E-state index in [2.05, 4.69) is 15.3 Å². The molecule has 9 heteroatoms. The Balaban J connectivity index is 1.57. The Morgan fingerprint density at radius 1 is 1.32 bits per heavy atom. The van der Waals surface area contributed by atoms with Crippen LogP contribution in [-0.2, 0) is 23.2 Å². The van der Waals surface area contributed by atoms with Crippen molar-refractivity contribution in [2.45, 2.75) is 57.2 Å². The number of hydrogen-bond donors (Lipinski definition) is 1. The van der Waals surface area contributed by atoms with Crippen LogP contribution in [0.3, 0.4) is 0 Å². The van der Waals surface area contributed by atoms with Crippen LogP contribution in [0.2, 0.25) is 0 Å². The number of aliphatic hydroxyl groups is 1. The zero-order valence-corrected chi connectivity index (χ0v) is 16.2. The lowest BCUT2D eigenvalue weighted by Crippen LogP contribution is -2.30. The molecule has 0 amide bonds. The number of ether oxygens (including phenoxy) is 2. The summed E-state index contributed by atoms with van der Waals surface area (Å²) in [5.74, 6) is 1.20. The highest BCUT2D eigenvalue weighted by molar-refractivity contribution is 5.72. The van der Waals surface area contributed by atoms with E-state index in [0.717, 1.165) is 37.8 Å². The summed E-state index contributed by atoms with van der Waals surface area (Å²) in [4.78, 5) is 21.0. The van der Waals surface area contributed by atoms with Crippen molar-refractivity contribution in [2.24, 2.45) is 13.0 Å². The highest BCUT2D eigenvalue weighted by atomic mass is 16.5. The molecule has 2 fully saturated rings. The minimum atomic E-state index is -0.184. The number of rotatable bonds is 6. The molecule has 2 aliphatic rings. The molecule has 150 valence electrons. The van der Waals surface area contributed by atoms with Crippen LogP contribution in [-0.4, -0.2) is 49.3 Å². The molecular weight excluding hydrogens is 362 g/mol. The number of esters is 1. The molecule has 0 bridgehead atoms. The molecule has 2 saturated carbocycles. The second kappa shape index (κ2) is 7.83. The van der Waals surface area contributed by atoms with Crippen LogP contribution in [0.15, 0.2) is 6.20 Å². The van der Waals surface area contributed by atoms with Crippen molar-refractivity contribution < 1.29 is 19.4 Å². The fourth-order valence-electron chi connectivity index (χ4n) is 3.78. The van der Waals surface area contributed by atoms with E-state index in [9.17, 15) is 9.90 Å². The maximum absolute atomic E-state index is 11.9. The van der Waals surface area contributed by atoms with Gasteiger partial charge >= 0.3 is 5.97 Å². The quantitative estimate of drug-likeness (QED) is 0.746. The maximum atomic E-state index is 11.9. The van der Waals surface area contributed by atoms with E-state index in [-0.39, 0.29) is 24.6 Å². The van der Waals surface area contributed by atoms with Gasteiger partial charge in [-0.3, -0.25) is 4.79 Å². The van der Waals surface area contributed by atoms with E-state index in [1.807, 2.05) is 0 Å². The Bertz CT molecular complexity index is 864. The summed E-state index contributed by atoms with van der Waals surface area (Å²) in [6.07, 6.45) is 7.10. The van der Waals surface area contributed by atoms with E-state index in [1.54, 1.807) is 13.2 Å². The Labute approximate surface area is 163 Å². The Morgan fingerprint density at radius 2 is 2.14 bits per heavy atom. The summed E-state index contributed by atoms with van der Waals surface area (Å²) in [5, 5.41) is 17.6. The molecule has 0 radical (unpaired) electrons. The second-order valence-electron chi connectivity index (χ2n) is 7.51. The summed E-state index contributed by atoms with van der Waals surface area (Å²) in [7, 11) is 3.15. The van der Waals surface area contributed by atoms with Crippen molar-refractivity contribution in [1.29, 1.82) is 0 Å². The molecule has 0 aromatic carbocycles. The Kier molecular flexibility index (Phi) is 5.25. The van der Waals surface area contributed by atoms with E-state index < -0.39 is 0 Å². The van der Waals surface area contributed by atoms with E-state index in [0.29, 0.717) is 35.3 Å². The van der Waals surface area contributed by atoms with Gasteiger partial charge in [0.1, 0.15) is 0 Å². The first kappa shape index (κ1) is 18.8. The van der Waals surface area contributed by atoms with Gasteiger partial charge in [0.15, 0.2) is 17.3 Å². The van der Waals surface area contributed by atoms with Crippen molar-refractivity contribution in [1.82, 2.24) is 25.0 Å². The molecule has 28 heavy (non-hydrogen) atoms. The van der Waals surface area contributed by atoms with Crippen LogP contribution >= 0.6 is 0 Å². The van der Waals surface area contributed by atoms with Gasteiger partial charge in [-0.25, -0.2) is 14.6 Å². The zero-order chi connectivity index (χ0) is 19.7. The first-order chi connectivity index (χ1) is 13.6. The molecule has 4 rings (SSSR count). The maximum Gasteiger partial charge on any atom is 0.308 e. The lowest BCUT2D eigenvalue weighted by molar-refractivity contribution is -0.147. The third-order valence-electron chi connectivity index (χ3n) is 5.51. The fourth-order valence-corrected chi connectivity index (χ4v) is 3.78. The van der Waals surface area contributed by atoms with Crippen LogP contribution in [0.4, 0.5) is 0 Å². The molecule has 2 aliphatic carbocycles. The first-order valence-electron chi connectivity index (χ1n) is 9.72. The molecule has 0 saturated heterocycles. The second-order valence-corrected chi connectivity index (χ2v) is 7.51. The number of carbonyl (C=O) groups is 1. The lowest BCUT2D eigenvalue weighted by atomic mass is 9.87. The number of hydrogen-bond acceptors (Lipinski definition) is 8. The van der Waals surface area contributed by atoms with Crippen LogP contribution in [0.25, 0.3) is 11.5 Å². The Morgan fingerprint density at radius 3 is 2.86 bits per heavy atom. The SMILES string of the molecule is COC(=O)[C@H]1CCC[C@H](Oc2cnc(-c3nnn(C)c3CO)nc2C2CC2)C1. The topological polar surface area (TPSA) is 112 Å². The normalized spacial score (nSPS) is 22.1. The summed E-state index contributed by atoms with van der Waals surface area (Å²) in [6, 6.07) is 0. The number of aryl methyl sites for hydroxylation is 1. The van der Waals surface area contributed by atoms with Gasteiger partial charge in [0, 0.05) is 13.0 Å². The highest BCUT2D eigenvalue weighted by Gasteiger charge is 2.33. The van der Waals surface area contributed by atoms with Crippen LogP contribution in [0.5, 0.6) is 5.75 Å². The van der Waals surface area contributed by atoms with Crippen molar-refractivity contribution in [3.05, 3.63) is 17.6 Å². The molecule has 2 aromatic rings. The average molecular weight is 387 g/mol. The van der Waals surface area contributed by atoms with Gasteiger partial charge in [0.2, 0.25) is 0 Å². The van der Waals surface area contributed by atoms with Crippen LogP contribution in [0, 0.1) is 5.92 Å². The molecule has 9 nitrogen and oxygen atoms in total. The fraction of sp³-hybridized carbons (Fsp3) is 0.632. The number of carbonyl (C=O) groups excluding carboxylic acids is 1. The molecule has 0 aliphatic heterocycles. The van der Waals surface area contributed by atoms with E-state index >= 15 is 0 Å². The van der Waals surface area contributed by atoms with Gasteiger partial charge in [-0.2, -0.15) is 0 Å². The monoisotopic (exact) mass is 387 g/mol. The Hall–Kier alpha value is -2.55. The number of aliphatic hydroxyl groups excluding tert-OH is 1. The van der Waals surface area contributed by atoms with Crippen molar-refractivity contribution in [3.8, 4) is 17.3 Å². The molecule has 2 aromatic heterocycles. The third-order valence-corrected chi connectivity index (χ3v) is 5.51. The summed E-state index contributed by atoms with van der Waals surface area (Å²) >= 11 is 0. The average Bonchev–Trinajstić information content (AvgIpc) is 3.50. The number of aromatic nitrogens is 5. The predicted molar refractivity (Wildman–Crippen MR) is 98.3 cm³/mol. The highest BCUT2D eigenvalue weighted by Crippen LogP contribution is 2.44. The first-order valence-corrected chi connectivity index (χ1v) is 9.72. The minimum Gasteiger partial charge on any atom is -0.487 e. The summed E-state index contributed by atoms with van der Waals surface area (Å²) in [5.41, 5.74) is 1.94. The van der Waals surface area contributed by atoms with Gasteiger partial charge in [0.25, 0.3) is 0 Å². The van der Waals surface area contributed by atoms with Gasteiger partial charge in [-0.05, 0) is 38.5 Å². The van der Waals surface area contributed by atoms with Crippen molar-refractivity contribution in [2.75, 3.05) is 7.11 Å². The van der Waals surface area contributed by atoms with Crippen LogP contribution in [0.1, 0.15) is 55.8 Å². The lowest BCUT2D eigenvalue weighted by Gasteiger charge is -2.28. The summed E-state index contributed by atoms with van der Waals surface area (Å²) in [6.45, 7) is -0.184. The minimum absolute atomic E-state index is 0.0469. The summed E-state index contributed by atoms with van der Waals surface area (Å²) < 4.78 is 12.7. The molecular formula is C19H25N5O4.